The van der Waals surface area contributed by atoms with Gasteiger partial charge in [-0.3, -0.25) is 0 Å². The molecule has 0 bridgehead atoms. The summed E-state index contributed by atoms with van der Waals surface area (Å²) in [6, 6.07) is 8.56. The van der Waals surface area contributed by atoms with Gasteiger partial charge in [-0.25, -0.2) is 4.39 Å². The standard InChI is InChI=1S/C19H28FN/c1-13(2)16-7-4-6-10-19(16)21-15-11-14(12-15)17-8-3-5-9-18(17)20/h3,5,8-9,13-16,19,21H,4,6-7,10-12H2,1-2H3. The maximum atomic E-state index is 13.8. The van der Waals surface area contributed by atoms with Gasteiger partial charge in [0, 0.05) is 12.1 Å². The molecule has 2 aliphatic rings. The van der Waals surface area contributed by atoms with Crippen LogP contribution in [-0.4, -0.2) is 12.1 Å². The quantitative estimate of drug-likeness (QED) is 0.833. The third-order valence-electron chi connectivity index (χ3n) is 5.61. The van der Waals surface area contributed by atoms with E-state index >= 15 is 0 Å². The number of nitrogens with one attached hydrogen (secondary N) is 1. The molecule has 116 valence electrons. The Morgan fingerprint density at radius 1 is 1.10 bits per heavy atom. The van der Waals surface area contributed by atoms with Crippen molar-refractivity contribution in [2.45, 2.75) is 70.4 Å². The number of benzene rings is 1. The molecule has 2 unspecified atom stereocenters. The minimum atomic E-state index is -0.0290. The number of rotatable bonds is 4. The molecule has 21 heavy (non-hydrogen) atoms. The third-order valence-corrected chi connectivity index (χ3v) is 5.61. The van der Waals surface area contributed by atoms with Crippen LogP contribution in [0.4, 0.5) is 4.39 Å². The van der Waals surface area contributed by atoms with Crippen LogP contribution >= 0.6 is 0 Å². The minimum absolute atomic E-state index is 0.0290. The molecule has 2 fully saturated rings. The molecule has 1 aromatic carbocycles. The highest BCUT2D eigenvalue weighted by Crippen LogP contribution is 2.40. The van der Waals surface area contributed by atoms with E-state index in [0.29, 0.717) is 18.0 Å². The minimum Gasteiger partial charge on any atom is -0.311 e. The van der Waals surface area contributed by atoms with Crippen LogP contribution < -0.4 is 5.32 Å². The van der Waals surface area contributed by atoms with Gasteiger partial charge in [0.15, 0.2) is 0 Å². The molecule has 0 saturated heterocycles. The molecule has 0 heterocycles. The summed E-state index contributed by atoms with van der Waals surface area (Å²) in [6.45, 7) is 4.71. The predicted molar refractivity (Wildman–Crippen MR) is 85.9 cm³/mol. The zero-order chi connectivity index (χ0) is 14.8. The molecule has 1 N–H and O–H groups in total. The third kappa shape index (κ3) is 3.31. The number of halogens is 1. The molecule has 0 aliphatic heterocycles. The molecule has 2 saturated carbocycles. The van der Waals surface area contributed by atoms with Crippen LogP contribution in [0.2, 0.25) is 0 Å². The molecule has 2 heteroatoms. The first kappa shape index (κ1) is 15.0. The SMILES string of the molecule is CC(C)C1CCCCC1NC1CC(c2ccccc2F)C1. The van der Waals surface area contributed by atoms with Gasteiger partial charge in [0.2, 0.25) is 0 Å². The summed E-state index contributed by atoms with van der Waals surface area (Å²) in [5, 5.41) is 3.88. The molecule has 0 radical (unpaired) electrons. The Morgan fingerprint density at radius 3 is 2.52 bits per heavy atom. The molecule has 0 aromatic heterocycles. The summed E-state index contributed by atoms with van der Waals surface area (Å²) in [7, 11) is 0. The van der Waals surface area contributed by atoms with Gasteiger partial charge in [-0.05, 0) is 55.1 Å². The van der Waals surface area contributed by atoms with Crippen molar-refractivity contribution in [2.24, 2.45) is 11.8 Å². The number of hydrogen-bond donors (Lipinski definition) is 1. The van der Waals surface area contributed by atoms with Gasteiger partial charge in [-0.1, -0.05) is 44.9 Å². The van der Waals surface area contributed by atoms with Crippen LogP contribution in [0, 0.1) is 17.7 Å². The normalized spacial score (nSPS) is 33.0. The monoisotopic (exact) mass is 289 g/mol. The smallest absolute Gasteiger partial charge is 0.126 e. The van der Waals surface area contributed by atoms with Crippen LogP contribution in [0.15, 0.2) is 24.3 Å². The maximum Gasteiger partial charge on any atom is 0.126 e. The average Bonchev–Trinajstić information content (AvgIpc) is 2.44. The Kier molecular flexibility index (Phi) is 4.63. The van der Waals surface area contributed by atoms with Crippen LogP contribution in [0.5, 0.6) is 0 Å². The molecule has 2 atom stereocenters. The van der Waals surface area contributed by atoms with E-state index in [2.05, 4.69) is 19.2 Å². The topological polar surface area (TPSA) is 12.0 Å². The van der Waals surface area contributed by atoms with Crippen LogP contribution in [-0.2, 0) is 0 Å². The first-order chi connectivity index (χ1) is 10.1. The molecule has 1 aromatic rings. The Hall–Kier alpha value is -0.890. The van der Waals surface area contributed by atoms with E-state index in [0.717, 1.165) is 30.2 Å². The highest BCUT2D eigenvalue weighted by atomic mass is 19.1. The first-order valence-corrected chi connectivity index (χ1v) is 8.65. The highest BCUT2D eigenvalue weighted by molar-refractivity contribution is 5.24. The lowest BCUT2D eigenvalue weighted by Gasteiger charge is -2.43. The summed E-state index contributed by atoms with van der Waals surface area (Å²) >= 11 is 0. The van der Waals surface area contributed by atoms with E-state index < -0.39 is 0 Å². The molecule has 1 nitrogen and oxygen atoms in total. The second-order valence-corrected chi connectivity index (χ2v) is 7.35. The van der Waals surface area contributed by atoms with E-state index in [1.54, 1.807) is 12.1 Å². The zero-order valence-electron chi connectivity index (χ0n) is 13.3. The lowest BCUT2D eigenvalue weighted by Crippen LogP contribution is -2.50. The van der Waals surface area contributed by atoms with Crippen LogP contribution in [0.3, 0.4) is 0 Å². The first-order valence-electron chi connectivity index (χ1n) is 8.65. The Labute approximate surface area is 128 Å². The van der Waals surface area contributed by atoms with Gasteiger partial charge in [-0.15, -0.1) is 0 Å². The summed E-state index contributed by atoms with van der Waals surface area (Å²) in [6.07, 6.45) is 7.65. The fraction of sp³-hybridized carbons (Fsp3) is 0.684. The van der Waals surface area contributed by atoms with Gasteiger partial charge in [0.05, 0.1) is 0 Å². The maximum absolute atomic E-state index is 13.8. The van der Waals surface area contributed by atoms with Crippen molar-refractivity contribution in [3.05, 3.63) is 35.6 Å². The van der Waals surface area contributed by atoms with E-state index in [9.17, 15) is 4.39 Å². The Morgan fingerprint density at radius 2 is 1.81 bits per heavy atom. The lowest BCUT2D eigenvalue weighted by atomic mass is 9.73. The van der Waals surface area contributed by atoms with Gasteiger partial charge >= 0.3 is 0 Å². The average molecular weight is 289 g/mol. The Balaban J connectivity index is 1.53. The van der Waals surface area contributed by atoms with Crippen LogP contribution in [0.1, 0.15) is 63.9 Å². The van der Waals surface area contributed by atoms with Crippen molar-refractivity contribution in [3.63, 3.8) is 0 Å². The van der Waals surface area contributed by atoms with Crippen LogP contribution in [0.25, 0.3) is 0 Å². The van der Waals surface area contributed by atoms with E-state index in [-0.39, 0.29) is 5.82 Å². The van der Waals surface area contributed by atoms with Crippen molar-refractivity contribution >= 4 is 0 Å². The highest BCUT2D eigenvalue weighted by Gasteiger charge is 2.36. The zero-order valence-corrected chi connectivity index (χ0v) is 13.3. The van der Waals surface area contributed by atoms with Crippen molar-refractivity contribution in [1.29, 1.82) is 0 Å². The number of hydrogen-bond acceptors (Lipinski definition) is 1. The lowest BCUT2D eigenvalue weighted by molar-refractivity contribution is 0.160. The fourth-order valence-electron chi connectivity index (χ4n) is 4.28. The van der Waals surface area contributed by atoms with E-state index in [1.807, 2.05) is 12.1 Å². The summed E-state index contributed by atoms with van der Waals surface area (Å²) in [4.78, 5) is 0. The fourth-order valence-corrected chi connectivity index (χ4v) is 4.28. The Bertz CT molecular complexity index is 464. The van der Waals surface area contributed by atoms with E-state index in [4.69, 9.17) is 0 Å². The van der Waals surface area contributed by atoms with E-state index in [1.165, 1.54) is 25.7 Å². The van der Waals surface area contributed by atoms with Gasteiger partial charge in [-0.2, -0.15) is 0 Å². The molecular weight excluding hydrogens is 261 g/mol. The van der Waals surface area contributed by atoms with Crippen molar-refractivity contribution in [2.75, 3.05) is 0 Å². The largest absolute Gasteiger partial charge is 0.311 e. The molecule has 2 aliphatic carbocycles. The predicted octanol–water partition coefficient (Wildman–Crippen LogP) is 4.88. The van der Waals surface area contributed by atoms with Crippen molar-refractivity contribution < 1.29 is 4.39 Å². The van der Waals surface area contributed by atoms with Gasteiger partial charge in [0.1, 0.15) is 5.82 Å². The van der Waals surface area contributed by atoms with Crippen molar-refractivity contribution in [3.8, 4) is 0 Å². The van der Waals surface area contributed by atoms with Crippen molar-refractivity contribution in [1.82, 2.24) is 5.32 Å². The second kappa shape index (κ2) is 6.48. The molecule has 3 rings (SSSR count). The second-order valence-electron chi connectivity index (χ2n) is 7.35. The molecule has 0 spiro atoms. The summed E-state index contributed by atoms with van der Waals surface area (Å²) < 4.78 is 13.8. The summed E-state index contributed by atoms with van der Waals surface area (Å²) in [5.74, 6) is 1.99. The summed E-state index contributed by atoms with van der Waals surface area (Å²) in [5.41, 5.74) is 0.916. The van der Waals surface area contributed by atoms with Gasteiger partial charge < -0.3 is 5.32 Å². The van der Waals surface area contributed by atoms with Gasteiger partial charge in [0.25, 0.3) is 0 Å². The molecular formula is C19H28FN. The molecule has 0 amide bonds.